The summed E-state index contributed by atoms with van der Waals surface area (Å²) >= 11 is 6.79. The molecule has 0 amide bonds. The van der Waals surface area contributed by atoms with Crippen molar-refractivity contribution in [1.29, 1.82) is 0 Å². The number of ether oxygens (including phenoxy) is 1. The monoisotopic (exact) mass is 545 g/mol. The molecule has 7 heteroatoms. The van der Waals surface area contributed by atoms with Crippen LogP contribution in [-0.4, -0.2) is 42.2 Å². The zero-order valence-electron chi connectivity index (χ0n) is 16.2. The molecule has 0 aromatic heterocycles. The van der Waals surface area contributed by atoms with Crippen molar-refractivity contribution >= 4 is 50.2 Å². The SMILES string of the molecule is Cl.O=C(OCCCN1CCCCC1)C(O)(c1ccc(Br)cc1)c1ccc(Br)cc1. The molecule has 0 radical (unpaired) electrons. The number of benzene rings is 2. The Bertz CT molecular complexity index is 732. The predicted octanol–water partition coefficient (Wildman–Crippen LogP) is 5.29. The van der Waals surface area contributed by atoms with E-state index in [0.29, 0.717) is 17.7 Å². The van der Waals surface area contributed by atoms with Gasteiger partial charge in [0.15, 0.2) is 0 Å². The Morgan fingerprint density at radius 1 is 0.931 bits per heavy atom. The summed E-state index contributed by atoms with van der Waals surface area (Å²) in [7, 11) is 0. The van der Waals surface area contributed by atoms with Crippen LogP contribution in [0.4, 0.5) is 0 Å². The van der Waals surface area contributed by atoms with Gasteiger partial charge >= 0.3 is 5.97 Å². The number of nitrogens with zero attached hydrogens (tertiary/aromatic N) is 1. The number of likely N-dealkylation sites (tertiary alicyclic amines) is 1. The number of carbonyl (C=O) groups is 1. The maximum absolute atomic E-state index is 13.0. The van der Waals surface area contributed by atoms with Crippen molar-refractivity contribution in [2.24, 2.45) is 0 Å². The molecule has 0 spiro atoms. The predicted molar refractivity (Wildman–Crippen MR) is 124 cm³/mol. The van der Waals surface area contributed by atoms with E-state index in [1.807, 2.05) is 24.3 Å². The number of halogens is 3. The number of carbonyl (C=O) groups excluding carboxylic acids is 1. The first-order chi connectivity index (χ1) is 13.5. The number of esters is 1. The molecular weight excluding hydrogens is 522 g/mol. The van der Waals surface area contributed by atoms with Gasteiger partial charge in [-0.3, -0.25) is 0 Å². The van der Waals surface area contributed by atoms with Crippen molar-refractivity contribution in [2.75, 3.05) is 26.2 Å². The van der Waals surface area contributed by atoms with Crippen molar-refractivity contribution in [3.8, 4) is 0 Å². The molecule has 1 aliphatic heterocycles. The Balaban J connectivity index is 0.00000300. The Morgan fingerprint density at radius 3 is 1.90 bits per heavy atom. The summed E-state index contributed by atoms with van der Waals surface area (Å²) in [6, 6.07) is 14.2. The summed E-state index contributed by atoms with van der Waals surface area (Å²) in [5.74, 6) is -0.643. The van der Waals surface area contributed by atoms with Crippen LogP contribution in [0.1, 0.15) is 36.8 Å². The summed E-state index contributed by atoms with van der Waals surface area (Å²) in [5.41, 5.74) is -0.870. The van der Waals surface area contributed by atoms with E-state index in [0.717, 1.165) is 35.0 Å². The van der Waals surface area contributed by atoms with Crippen molar-refractivity contribution < 1.29 is 14.6 Å². The van der Waals surface area contributed by atoms with Gasteiger partial charge in [-0.15, -0.1) is 12.4 Å². The van der Waals surface area contributed by atoms with Crippen LogP contribution in [0.2, 0.25) is 0 Å². The summed E-state index contributed by atoms with van der Waals surface area (Å²) in [5, 5.41) is 11.4. The second-order valence-electron chi connectivity index (χ2n) is 7.12. The fraction of sp³-hybridized carbons (Fsp3) is 0.409. The molecule has 3 rings (SSSR count). The van der Waals surface area contributed by atoms with Gasteiger partial charge in [-0.25, -0.2) is 4.79 Å². The highest BCUT2D eigenvalue weighted by atomic mass is 79.9. The van der Waals surface area contributed by atoms with Gasteiger partial charge in [-0.2, -0.15) is 0 Å². The molecule has 1 heterocycles. The lowest BCUT2D eigenvalue weighted by molar-refractivity contribution is -0.162. The molecule has 0 atom stereocenters. The quantitative estimate of drug-likeness (QED) is 0.378. The lowest BCUT2D eigenvalue weighted by atomic mass is 9.86. The molecule has 0 bridgehead atoms. The average Bonchev–Trinajstić information content (AvgIpc) is 2.72. The van der Waals surface area contributed by atoms with Crippen LogP contribution in [0.15, 0.2) is 57.5 Å². The molecule has 0 saturated carbocycles. The van der Waals surface area contributed by atoms with E-state index in [4.69, 9.17) is 4.74 Å². The van der Waals surface area contributed by atoms with Crippen LogP contribution >= 0.6 is 44.3 Å². The highest BCUT2D eigenvalue weighted by Crippen LogP contribution is 2.33. The van der Waals surface area contributed by atoms with Crippen LogP contribution in [-0.2, 0) is 15.1 Å². The normalized spacial score (nSPS) is 14.9. The molecule has 29 heavy (non-hydrogen) atoms. The fourth-order valence-electron chi connectivity index (χ4n) is 3.53. The van der Waals surface area contributed by atoms with E-state index in [1.165, 1.54) is 19.3 Å². The molecule has 158 valence electrons. The topological polar surface area (TPSA) is 49.8 Å². The number of hydrogen-bond donors (Lipinski definition) is 1. The largest absolute Gasteiger partial charge is 0.463 e. The second kappa shape index (κ2) is 11.5. The van der Waals surface area contributed by atoms with Gasteiger partial charge < -0.3 is 14.7 Å². The first-order valence-corrected chi connectivity index (χ1v) is 11.2. The van der Waals surface area contributed by atoms with Crippen LogP contribution in [0.3, 0.4) is 0 Å². The number of rotatable bonds is 7. The fourth-order valence-corrected chi connectivity index (χ4v) is 4.05. The molecular formula is C22H26Br2ClNO3. The average molecular weight is 548 g/mol. The highest BCUT2D eigenvalue weighted by molar-refractivity contribution is 9.10. The third-order valence-corrected chi connectivity index (χ3v) is 6.18. The van der Waals surface area contributed by atoms with Crippen molar-refractivity contribution in [3.05, 3.63) is 68.6 Å². The zero-order chi connectivity index (χ0) is 20.0. The summed E-state index contributed by atoms with van der Waals surface area (Å²) in [6.45, 7) is 3.46. The van der Waals surface area contributed by atoms with E-state index in [2.05, 4.69) is 36.8 Å². The maximum Gasteiger partial charge on any atom is 0.347 e. The van der Waals surface area contributed by atoms with Crippen molar-refractivity contribution in [3.63, 3.8) is 0 Å². The molecule has 0 unspecified atom stereocenters. The van der Waals surface area contributed by atoms with Gasteiger partial charge in [0.25, 0.3) is 0 Å². The molecule has 2 aromatic carbocycles. The van der Waals surface area contributed by atoms with Gasteiger partial charge in [0, 0.05) is 15.5 Å². The molecule has 1 fully saturated rings. The Labute approximate surface area is 195 Å². The molecule has 4 nitrogen and oxygen atoms in total. The number of piperidine rings is 1. The van der Waals surface area contributed by atoms with E-state index in [9.17, 15) is 9.90 Å². The van der Waals surface area contributed by atoms with Crippen LogP contribution in [0.25, 0.3) is 0 Å². The number of hydrogen-bond acceptors (Lipinski definition) is 4. The molecule has 0 aliphatic carbocycles. The van der Waals surface area contributed by atoms with E-state index < -0.39 is 11.6 Å². The third-order valence-electron chi connectivity index (χ3n) is 5.12. The molecule has 1 saturated heterocycles. The lowest BCUT2D eigenvalue weighted by Gasteiger charge is -2.28. The standard InChI is InChI=1S/C22H25Br2NO3.ClH/c23-19-9-5-17(6-10-19)22(27,18-7-11-20(24)12-8-18)21(26)28-16-4-15-25-13-2-1-3-14-25;/h5-12,27H,1-4,13-16H2;1H. The van der Waals surface area contributed by atoms with Crippen molar-refractivity contribution in [2.45, 2.75) is 31.3 Å². The minimum atomic E-state index is -1.84. The first kappa shape index (κ1) is 24.4. The number of aliphatic hydroxyl groups is 1. The first-order valence-electron chi connectivity index (χ1n) is 9.64. The van der Waals surface area contributed by atoms with Gasteiger partial charge in [0.05, 0.1) is 6.61 Å². The van der Waals surface area contributed by atoms with Crippen LogP contribution in [0, 0.1) is 0 Å². The summed E-state index contributed by atoms with van der Waals surface area (Å²) in [4.78, 5) is 15.4. The second-order valence-corrected chi connectivity index (χ2v) is 8.95. The molecule has 1 aliphatic rings. The summed E-state index contributed by atoms with van der Waals surface area (Å²) < 4.78 is 7.29. The zero-order valence-corrected chi connectivity index (χ0v) is 20.1. The van der Waals surface area contributed by atoms with E-state index >= 15 is 0 Å². The van der Waals surface area contributed by atoms with E-state index in [-0.39, 0.29) is 12.4 Å². The Kier molecular flexibility index (Phi) is 9.63. The highest BCUT2D eigenvalue weighted by Gasteiger charge is 2.41. The lowest BCUT2D eigenvalue weighted by Crippen LogP contribution is -2.39. The van der Waals surface area contributed by atoms with Gasteiger partial charge in [-0.1, -0.05) is 62.5 Å². The van der Waals surface area contributed by atoms with Crippen LogP contribution < -0.4 is 0 Å². The van der Waals surface area contributed by atoms with Gasteiger partial charge in [0.2, 0.25) is 5.60 Å². The summed E-state index contributed by atoms with van der Waals surface area (Å²) in [6.07, 6.45) is 4.56. The molecule has 1 N–H and O–H groups in total. The Morgan fingerprint density at radius 2 is 1.41 bits per heavy atom. The minimum absolute atomic E-state index is 0. The van der Waals surface area contributed by atoms with E-state index in [1.54, 1.807) is 24.3 Å². The van der Waals surface area contributed by atoms with Crippen LogP contribution in [0.5, 0.6) is 0 Å². The smallest absolute Gasteiger partial charge is 0.347 e. The van der Waals surface area contributed by atoms with Gasteiger partial charge in [-0.05, 0) is 67.7 Å². The minimum Gasteiger partial charge on any atom is -0.463 e. The van der Waals surface area contributed by atoms with Crippen molar-refractivity contribution in [1.82, 2.24) is 4.90 Å². The maximum atomic E-state index is 13.0. The third kappa shape index (κ3) is 6.28. The Hall–Kier alpha value is -0.920. The molecule has 2 aromatic rings. The van der Waals surface area contributed by atoms with Gasteiger partial charge in [0.1, 0.15) is 0 Å².